The second-order valence-electron chi connectivity index (χ2n) is 4.86. The summed E-state index contributed by atoms with van der Waals surface area (Å²) >= 11 is 5.34. The zero-order valence-electron chi connectivity index (χ0n) is 9.29. The zero-order valence-corrected chi connectivity index (χ0v) is 11.7. The highest BCUT2D eigenvalue weighted by atomic mass is 79.9. The lowest BCUT2D eigenvalue weighted by molar-refractivity contribution is 0.0721. The van der Waals surface area contributed by atoms with Crippen LogP contribution >= 0.6 is 27.3 Å². The van der Waals surface area contributed by atoms with E-state index in [9.17, 15) is 0 Å². The van der Waals surface area contributed by atoms with Crippen molar-refractivity contribution >= 4 is 27.3 Å². The van der Waals surface area contributed by atoms with E-state index in [1.54, 1.807) is 0 Å². The van der Waals surface area contributed by atoms with Gasteiger partial charge in [0.2, 0.25) is 0 Å². The molecule has 0 amide bonds. The molecule has 88 valence electrons. The number of fused-ring (bicyclic) bond motifs is 3. The van der Waals surface area contributed by atoms with Crippen LogP contribution in [0.1, 0.15) is 17.7 Å². The van der Waals surface area contributed by atoms with Gasteiger partial charge in [-0.25, -0.2) is 0 Å². The maximum Gasteiger partial charge on any atom is 0.0303 e. The number of piperidine rings is 3. The molecular formula is C12H17BrN2S. The first-order chi connectivity index (χ1) is 7.81. The van der Waals surface area contributed by atoms with E-state index in [1.807, 2.05) is 11.3 Å². The summed E-state index contributed by atoms with van der Waals surface area (Å²) in [5.74, 6) is 0.924. The summed E-state index contributed by atoms with van der Waals surface area (Å²) in [7, 11) is 0. The van der Waals surface area contributed by atoms with E-state index in [0.29, 0.717) is 0 Å². The van der Waals surface area contributed by atoms with Gasteiger partial charge in [0, 0.05) is 33.9 Å². The van der Waals surface area contributed by atoms with Crippen LogP contribution in [0.3, 0.4) is 0 Å². The molecule has 1 aromatic heterocycles. The molecule has 4 heteroatoms. The van der Waals surface area contributed by atoms with Crippen LogP contribution in [0.5, 0.6) is 0 Å². The molecule has 2 nitrogen and oxygen atoms in total. The van der Waals surface area contributed by atoms with Crippen LogP contribution in [0, 0.1) is 5.92 Å². The monoisotopic (exact) mass is 300 g/mol. The Morgan fingerprint density at radius 3 is 2.81 bits per heavy atom. The van der Waals surface area contributed by atoms with E-state index >= 15 is 0 Å². The van der Waals surface area contributed by atoms with Crippen LogP contribution in [0.4, 0.5) is 0 Å². The van der Waals surface area contributed by atoms with E-state index in [1.165, 1.54) is 41.8 Å². The molecule has 0 spiro atoms. The van der Waals surface area contributed by atoms with Crippen LogP contribution in [-0.2, 0) is 6.54 Å². The van der Waals surface area contributed by atoms with Crippen molar-refractivity contribution in [3.8, 4) is 0 Å². The van der Waals surface area contributed by atoms with Crippen molar-refractivity contribution in [2.75, 3.05) is 19.6 Å². The van der Waals surface area contributed by atoms with Crippen molar-refractivity contribution < 1.29 is 0 Å². The van der Waals surface area contributed by atoms with Crippen molar-refractivity contribution in [3.05, 3.63) is 20.8 Å². The Morgan fingerprint density at radius 2 is 2.25 bits per heavy atom. The fraction of sp³-hybridized carbons (Fsp3) is 0.667. The van der Waals surface area contributed by atoms with Crippen molar-refractivity contribution in [1.82, 2.24) is 10.2 Å². The average Bonchev–Trinajstić information content (AvgIpc) is 2.74. The molecule has 1 N–H and O–H groups in total. The van der Waals surface area contributed by atoms with Gasteiger partial charge >= 0.3 is 0 Å². The third kappa shape index (κ3) is 2.35. The SMILES string of the molecule is Brc1csc(CNC2CN3CCC2CC3)c1. The molecule has 1 unspecified atom stereocenters. The first kappa shape index (κ1) is 11.2. The highest BCUT2D eigenvalue weighted by molar-refractivity contribution is 9.10. The second-order valence-corrected chi connectivity index (χ2v) is 6.77. The molecule has 4 rings (SSSR count). The van der Waals surface area contributed by atoms with Crippen molar-refractivity contribution in [1.29, 1.82) is 0 Å². The van der Waals surface area contributed by atoms with Gasteiger partial charge in [0.1, 0.15) is 0 Å². The minimum absolute atomic E-state index is 0.725. The molecule has 0 radical (unpaired) electrons. The summed E-state index contributed by atoms with van der Waals surface area (Å²) in [6.45, 7) is 4.95. The lowest BCUT2D eigenvalue weighted by atomic mass is 9.84. The normalized spacial score (nSPS) is 33.2. The number of hydrogen-bond acceptors (Lipinski definition) is 3. The smallest absolute Gasteiger partial charge is 0.0303 e. The predicted molar refractivity (Wildman–Crippen MR) is 71.8 cm³/mol. The van der Waals surface area contributed by atoms with Gasteiger partial charge in [-0.15, -0.1) is 11.3 Å². The number of thiophene rings is 1. The predicted octanol–water partition coefficient (Wildman–Crippen LogP) is 2.69. The Labute approximate surface area is 109 Å². The van der Waals surface area contributed by atoms with Crippen LogP contribution in [0.25, 0.3) is 0 Å². The molecule has 1 atom stereocenters. The first-order valence-electron chi connectivity index (χ1n) is 6.00. The Morgan fingerprint density at radius 1 is 1.44 bits per heavy atom. The number of nitrogens with zero attached hydrogens (tertiary/aromatic N) is 1. The van der Waals surface area contributed by atoms with Crippen LogP contribution in [-0.4, -0.2) is 30.6 Å². The van der Waals surface area contributed by atoms with E-state index in [2.05, 4.69) is 37.6 Å². The maximum absolute atomic E-state index is 3.73. The maximum atomic E-state index is 3.73. The molecular weight excluding hydrogens is 284 g/mol. The minimum Gasteiger partial charge on any atom is -0.308 e. The largest absolute Gasteiger partial charge is 0.308 e. The fourth-order valence-electron chi connectivity index (χ4n) is 2.87. The highest BCUT2D eigenvalue weighted by Crippen LogP contribution is 2.28. The molecule has 3 aliphatic heterocycles. The van der Waals surface area contributed by atoms with E-state index in [-0.39, 0.29) is 0 Å². The third-order valence-corrected chi connectivity index (χ3v) is 5.51. The number of hydrogen-bond donors (Lipinski definition) is 1. The quantitative estimate of drug-likeness (QED) is 0.923. The number of rotatable bonds is 3. The van der Waals surface area contributed by atoms with Gasteiger partial charge in [-0.05, 0) is 53.8 Å². The molecule has 1 aromatic rings. The van der Waals surface area contributed by atoms with E-state index in [0.717, 1.165) is 18.5 Å². The lowest BCUT2D eigenvalue weighted by Crippen LogP contribution is -2.55. The van der Waals surface area contributed by atoms with E-state index in [4.69, 9.17) is 0 Å². The van der Waals surface area contributed by atoms with Gasteiger partial charge in [-0.2, -0.15) is 0 Å². The lowest BCUT2D eigenvalue weighted by Gasteiger charge is -2.45. The molecule has 0 aliphatic carbocycles. The van der Waals surface area contributed by atoms with Crippen LogP contribution < -0.4 is 5.32 Å². The Balaban J connectivity index is 1.55. The summed E-state index contributed by atoms with van der Waals surface area (Å²) in [4.78, 5) is 4.03. The Bertz CT molecular complexity index is 358. The summed E-state index contributed by atoms with van der Waals surface area (Å²) in [6, 6.07) is 2.95. The number of nitrogens with one attached hydrogen (secondary N) is 1. The summed E-state index contributed by atoms with van der Waals surface area (Å²) < 4.78 is 1.21. The van der Waals surface area contributed by atoms with Gasteiger partial charge in [0.15, 0.2) is 0 Å². The van der Waals surface area contributed by atoms with Gasteiger partial charge in [-0.3, -0.25) is 0 Å². The number of halogens is 1. The molecule has 16 heavy (non-hydrogen) atoms. The molecule has 2 bridgehead atoms. The minimum atomic E-state index is 0.725. The first-order valence-corrected chi connectivity index (χ1v) is 7.67. The van der Waals surface area contributed by atoms with Gasteiger partial charge < -0.3 is 10.2 Å². The van der Waals surface area contributed by atoms with Crippen molar-refractivity contribution in [2.45, 2.75) is 25.4 Å². The summed E-state index contributed by atoms with van der Waals surface area (Å²) in [6.07, 6.45) is 2.79. The second kappa shape index (κ2) is 4.77. The standard InChI is InChI=1S/C12H17BrN2S/c13-10-5-11(16-8-10)6-14-12-7-15-3-1-9(12)2-4-15/h5,8-9,12,14H,1-4,6-7H2. The van der Waals surface area contributed by atoms with Crippen molar-refractivity contribution in [3.63, 3.8) is 0 Å². The molecule has 0 saturated carbocycles. The van der Waals surface area contributed by atoms with Gasteiger partial charge in [0.05, 0.1) is 0 Å². The van der Waals surface area contributed by atoms with Crippen molar-refractivity contribution in [2.24, 2.45) is 5.92 Å². The average molecular weight is 301 g/mol. The third-order valence-electron chi connectivity index (χ3n) is 3.82. The summed E-state index contributed by atoms with van der Waals surface area (Å²) in [5.41, 5.74) is 0. The topological polar surface area (TPSA) is 15.3 Å². The fourth-order valence-corrected chi connectivity index (χ4v) is 4.28. The van der Waals surface area contributed by atoms with E-state index < -0.39 is 0 Å². The van der Waals surface area contributed by atoms with Gasteiger partial charge in [0.25, 0.3) is 0 Å². The van der Waals surface area contributed by atoms with Crippen LogP contribution in [0.2, 0.25) is 0 Å². The molecule has 0 aromatic carbocycles. The molecule has 4 heterocycles. The van der Waals surface area contributed by atoms with Gasteiger partial charge in [-0.1, -0.05) is 0 Å². The Hall–Kier alpha value is 0.1000. The van der Waals surface area contributed by atoms with Crippen LogP contribution in [0.15, 0.2) is 15.9 Å². The summed E-state index contributed by atoms with van der Waals surface area (Å²) in [5, 5.41) is 5.89. The zero-order chi connectivity index (χ0) is 11.0. The highest BCUT2D eigenvalue weighted by Gasteiger charge is 2.33. The Kier molecular flexibility index (Phi) is 3.34. The molecule has 3 fully saturated rings. The molecule has 3 saturated heterocycles. The molecule has 3 aliphatic rings.